The zero-order valence-electron chi connectivity index (χ0n) is 14.4. The van der Waals surface area contributed by atoms with Gasteiger partial charge in [-0.05, 0) is 25.1 Å². The summed E-state index contributed by atoms with van der Waals surface area (Å²) in [6.07, 6.45) is 0. The Balaban J connectivity index is 1.72. The van der Waals surface area contributed by atoms with E-state index in [-0.39, 0.29) is 23.9 Å². The number of amidine groups is 1. The molecule has 3 N–H and O–H groups in total. The van der Waals surface area contributed by atoms with Crippen LogP contribution in [0, 0.1) is 12.3 Å². The molecule has 1 aliphatic heterocycles. The fourth-order valence-corrected chi connectivity index (χ4v) is 4.26. The minimum absolute atomic E-state index is 0.00139. The van der Waals surface area contributed by atoms with Crippen LogP contribution in [-0.2, 0) is 0 Å². The van der Waals surface area contributed by atoms with Crippen molar-refractivity contribution in [2.45, 2.75) is 6.92 Å². The smallest absolute Gasteiger partial charge is 0.139 e. The normalized spacial score (nSPS) is 14.3. The van der Waals surface area contributed by atoms with E-state index in [0.29, 0.717) is 21.3 Å². The van der Waals surface area contributed by atoms with Crippen molar-refractivity contribution in [1.82, 2.24) is 4.98 Å². The van der Waals surface area contributed by atoms with Crippen LogP contribution < -0.4 is 4.90 Å². The lowest BCUT2D eigenvalue weighted by Crippen LogP contribution is -2.26. The molecule has 0 saturated heterocycles. The van der Waals surface area contributed by atoms with Crippen LogP contribution in [0.15, 0.2) is 54.3 Å². The molecule has 1 aromatic heterocycles. The zero-order chi connectivity index (χ0) is 19.1. The first-order chi connectivity index (χ1) is 13.0. The van der Waals surface area contributed by atoms with Gasteiger partial charge in [0.05, 0.1) is 23.5 Å². The molecule has 27 heavy (non-hydrogen) atoms. The summed E-state index contributed by atoms with van der Waals surface area (Å²) < 4.78 is 0. The molecule has 0 spiro atoms. The predicted octanol–water partition coefficient (Wildman–Crippen LogP) is 5.24. The van der Waals surface area contributed by atoms with E-state index in [2.05, 4.69) is 4.98 Å². The number of aromatic nitrogens is 1. The average molecular weight is 398 g/mol. The van der Waals surface area contributed by atoms with Crippen molar-refractivity contribution in [2.75, 3.05) is 11.4 Å². The van der Waals surface area contributed by atoms with E-state index in [9.17, 15) is 10.2 Å². The predicted molar refractivity (Wildman–Crippen MR) is 110 cm³/mol. The quantitative estimate of drug-likeness (QED) is 0.564. The number of aromatic hydroxyl groups is 1. The Morgan fingerprint density at radius 2 is 1.89 bits per heavy atom. The van der Waals surface area contributed by atoms with E-state index < -0.39 is 0 Å². The van der Waals surface area contributed by atoms with E-state index >= 15 is 0 Å². The summed E-state index contributed by atoms with van der Waals surface area (Å²) in [6, 6.07) is 14.4. The molecule has 2 heterocycles. The van der Waals surface area contributed by atoms with Gasteiger partial charge in [0, 0.05) is 15.5 Å². The Bertz CT molecular complexity index is 1080. The molecule has 0 unspecified atom stereocenters. The lowest BCUT2D eigenvalue weighted by atomic mass is 10.1. The van der Waals surface area contributed by atoms with Gasteiger partial charge < -0.3 is 15.1 Å². The number of nitrogens with one attached hydrogen (secondary N) is 1. The second-order valence-corrected chi connectivity index (χ2v) is 7.82. The summed E-state index contributed by atoms with van der Waals surface area (Å²) >= 11 is 7.46. The maximum absolute atomic E-state index is 10.5. The third kappa shape index (κ3) is 3.07. The molecule has 0 saturated carbocycles. The monoisotopic (exact) mass is 397 g/mol. The maximum Gasteiger partial charge on any atom is 0.139 e. The largest absolute Gasteiger partial charge is 0.510 e. The van der Waals surface area contributed by atoms with Gasteiger partial charge in [-0.2, -0.15) is 0 Å². The van der Waals surface area contributed by atoms with Crippen LogP contribution in [0.2, 0.25) is 5.02 Å². The molecule has 2 aromatic carbocycles. The number of thiazole rings is 1. The van der Waals surface area contributed by atoms with Crippen LogP contribution in [0.4, 0.5) is 5.69 Å². The van der Waals surface area contributed by atoms with E-state index in [1.807, 2.05) is 37.3 Å². The van der Waals surface area contributed by atoms with Gasteiger partial charge in [-0.1, -0.05) is 41.9 Å². The van der Waals surface area contributed by atoms with E-state index in [0.717, 1.165) is 16.1 Å². The molecule has 4 rings (SSSR count). The highest BCUT2D eigenvalue weighted by molar-refractivity contribution is 7.13. The van der Waals surface area contributed by atoms with Gasteiger partial charge >= 0.3 is 0 Å². The number of rotatable bonds is 3. The Morgan fingerprint density at radius 3 is 2.63 bits per heavy atom. The molecule has 0 amide bonds. The number of aliphatic hydroxyl groups excluding tert-OH is 1. The van der Waals surface area contributed by atoms with Gasteiger partial charge in [0.2, 0.25) is 0 Å². The molecular weight excluding hydrogens is 382 g/mol. The fraction of sp³-hybridized carbons (Fsp3) is 0.100. The third-order valence-electron chi connectivity index (χ3n) is 4.39. The summed E-state index contributed by atoms with van der Waals surface area (Å²) in [5.41, 5.74) is 2.59. The number of hydrogen-bond acceptors (Lipinski definition) is 5. The Morgan fingerprint density at radius 1 is 1.15 bits per heavy atom. The van der Waals surface area contributed by atoms with Crippen LogP contribution >= 0.6 is 22.9 Å². The number of phenols is 1. The number of anilines is 1. The van der Waals surface area contributed by atoms with Crippen LogP contribution in [0.5, 0.6) is 5.75 Å². The van der Waals surface area contributed by atoms with E-state index in [1.54, 1.807) is 12.1 Å². The Hall–Kier alpha value is -2.83. The van der Waals surface area contributed by atoms with Crippen LogP contribution in [0.3, 0.4) is 0 Å². The highest BCUT2D eigenvalue weighted by Gasteiger charge is 2.33. The molecule has 1 aliphatic rings. The van der Waals surface area contributed by atoms with Crippen molar-refractivity contribution in [1.29, 1.82) is 5.41 Å². The number of halogens is 1. The van der Waals surface area contributed by atoms with Crippen molar-refractivity contribution in [3.63, 3.8) is 0 Å². The summed E-state index contributed by atoms with van der Waals surface area (Å²) in [7, 11) is 0. The standard InChI is InChI=1S/C20H16ClN3O2S/c1-11-18(12-5-3-2-4-6-12)23-20(27-11)17-16(26)10-24(19(17)22)14-9-13(21)7-8-15(14)25/h2-9,22,25-26H,10H2,1H3. The van der Waals surface area contributed by atoms with Gasteiger partial charge in [-0.25, -0.2) is 4.98 Å². The van der Waals surface area contributed by atoms with Gasteiger partial charge in [-0.3, -0.25) is 5.41 Å². The Kier molecular flexibility index (Phi) is 4.37. The van der Waals surface area contributed by atoms with Crippen LogP contribution in [0.1, 0.15) is 9.88 Å². The fourth-order valence-electron chi connectivity index (χ4n) is 3.09. The molecule has 7 heteroatoms. The molecular formula is C20H16ClN3O2S. The van der Waals surface area contributed by atoms with Crippen molar-refractivity contribution >= 4 is 40.0 Å². The number of hydrogen-bond donors (Lipinski definition) is 3. The topological polar surface area (TPSA) is 80.4 Å². The molecule has 0 fully saturated rings. The number of aliphatic hydroxyl groups is 1. The van der Waals surface area contributed by atoms with E-state index in [4.69, 9.17) is 17.0 Å². The van der Waals surface area contributed by atoms with Crippen molar-refractivity contribution < 1.29 is 10.2 Å². The van der Waals surface area contributed by atoms with Crippen molar-refractivity contribution in [3.8, 4) is 17.0 Å². The SMILES string of the molecule is Cc1sc(C2=C(O)CN(c3cc(Cl)ccc3O)C2=N)nc1-c1ccccc1. The van der Waals surface area contributed by atoms with Crippen LogP contribution in [-0.4, -0.2) is 27.6 Å². The molecule has 0 radical (unpaired) electrons. The van der Waals surface area contributed by atoms with Gasteiger partial charge in [0.1, 0.15) is 22.4 Å². The molecule has 3 aromatic rings. The second kappa shape index (κ2) is 6.72. The molecule has 136 valence electrons. The third-order valence-corrected chi connectivity index (χ3v) is 5.61. The molecule has 0 aliphatic carbocycles. The first-order valence-electron chi connectivity index (χ1n) is 8.26. The summed E-state index contributed by atoms with van der Waals surface area (Å²) in [4.78, 5) is 7.20. The first-order valence-corrected chi connectivity index (χ1v) is 9.45. The van der Waals surface area contributed by atoms with E-state index in [1.165, 1.54) is 22.3 Å². The summed E-state index contributed by atoms with van der Waals surface area (Å²) in [5.74, 6) is 0.129. The highest BCUT2D eigenvalue weighted by atomic mass is 35.5. The van der Waals surface area contributed by atoms with Crippen molar-refractivity contribution in [3.05, 3.63) is 69.2 Å². The zero-order valence-corrected chi connectivity index (χ0v) is 16.0. The minimum Gasteiger partial charge on any atom is -0.510 e. The Labute approximate surface area is 165 Å². The lowest BCUT2D eigenvalue weighted by molar-refractivity contribution is 0.411. The van der Waals surface area contributed by atoms with Crippen LogP contribution in [0.25, 0.3) is 16.8 Å². The lowest BCUT2D eigenvalue weighted by Gasteiger charge is -2.19. The van der Waals surface area contributed by atoms with Gasteiger partial charge in [0.15, 0.2) is 0 Å². The first kappa shape index (κ1) is 17.6. The summed E-state index contributed by atoms with van der Waals surface area (Å²) in [6.45, 7) is 2.06. The average Bonchev–Trinajstić information content (AvgIpc) is 3.17. The highest BCUT2D eigenvalue weighted by Crippen LogP contribution is 2.39. The molecule has 5 nitrogen and oxygen atoms in total. The maximum atomic E-state index is 10.5. The number of aryl methyl sites for hydroxylation is 1. The summed E-state index contributed by atoms with van der Waals surface area (Å²) in [5, 5.41) is 30.2. The van der Waals surface area contributed by atoms with Gasteiger partial charge in [-0.15, -0.1) is 11.3 Å². The second-order valence-electron chi connectivity index (χ2n) is 6.18. The molecule has 0 bridgehead atoms. The number of phenolic OH excluding ortho intramolecular Hbond substituents is 1. The molecule has 0 atom stereocenters. The van der Waals surface area contributed by atoms with Crippen molar-refractivity contribution in [2.24, 2.45) is 0 Å². The van der Waals surface area contributed by atoms with Gasteiger partial charge in [0.25, 0.3) is 0 Å². The minimum atomic E-state index is -0.00139. The number of nitrogens with zero attached hydrogens (tertiary/aromatic N) is 2. The number of benzene rings is 2.